The predicted molar refractivity (Wildman–Crippen MR) is 104 cm³/mol. The summed E-state index contributed by atoms with van der Waals surface area (Å²) in [6.45, 7) is 0.598. The number of halogens is 1. The van der Waals surface area contributed by atoms with Crippen molar-refractivity contribution in [2.45, 2.75) is 50.7 Å². The highest BCUT2D eigenvalue weighted by atomic mass is 19.1. The molecule has 2 aromatic rings. The van der Waals surface area contributed by atoms with Crippen LogP contribution in [0.25, 0.3) is 11.1 Å². The van der Waals surface area contributed by atoms with Crippen molar-refractivity contribution < 1.29 is 19.0 Å². The van der Waals surface area contributed by atoms with Crippen LogP contribution in [0.2, 0.25) is 0 Å². The summed E-state index contributed by atoms with van der Waals surface area (Å²) in [5.74, 6) is 0.430. The smallest absolute Gasteiger partial charge is 0.253 e. The first-order valence-corrected chi connectivity index (χ1v) is 9.98. The Morgan fingerprint density at radius 3 is 2.64 bits per heavy atom. The van der Waals surface area contributed by atoms with E-state index in [2.05, 4.69) is 10.3 Å². The van der Waals surface area contributed by atoms with Gasteiger partial charge in [-0.3, -0.25) is 4.79 Å². The molecule has 6 heteroatoms. The highest BCUT2D eigenvalue weighted by Gasteiger charge is 2.26. The second kappa shape index (κ2) is 8.27. The third kappa shape index (κ3) is 4.50. The lowest BCUT2D eigenvalue weighted by Crippen LogP contribution is -2.45. The van der Waals surface area contributed by atoms with Crippen molar-refractivity contribution in [2.75, 3.05) is 6.61 Å². The number of nitrogens with one attached hydrogen (secondary N) is 1. The maximum absolute atomic E-state index is 13.3. The van der Waals surface area contributed by atoms with Gasteiger partial charge in [-0.05, 0) is 55.4 Å². The van der Waals surface area contributed by atoms with Gasteiger partial charge in [0.1, 0.15) is 5.82 Å². The lowest BCUT2D eigenvalue weighted by molar-refractivity contribution is 0.0717. The van der Waals surface area contributed by atoms with Gasteiger partial charge in [-0.25, -0.2) is 9.37 Å². The summed E-state index contributed by atoms with van der Waals surface area (Å²) in [7, 11) is 0. The standard InChI is InChI=1S/C22H25FN2O3/c23-17-9-7-15(8-10-17)18-11-16(12-24-22(18)28-13-14-5-6-14)21(27)25-19-3-1-2-4-20(19)26/h7-12,14,19-20,26H,1-6,13H2,(H,25,27)/t19-,20-/m0/s1. The number of amides is 1. The van der Waals surface area contributed by atoms with E-state index in [1.54, 1.807) is 18.2 Å². The van der Waals surface area contributed by atoms with E-state index in [0.29, 0.717) is 36.0 Å². The number of aliphatic hydroxyl groups excluding tert-OH is 1. The van der Waals surface area contributed by atoms with Crippen molar-refractivity contribution in [1.82, 2.24) is 10.3 Å². The Bertz CT molecular complexity index is 836. The Hall–Kier alpha value is -2.47. The van der Waals surface area contributed by atoms with Gasteiger partial charge < -0.3 is 15.2 Å². The zero-order chi connectivity index (χ0) is 19.5. The molecule has 1 aromatic carbocycles. The van der Waals surface area contributed by atoms with E-state index in [9.17, 15) is 14.3 Å². The van der Waals surface area contributed by atoms with Gasteiger partial charge in [0.05, 0.1) is 24.3 Å². The topological polar surface area (TPSA) is 71.5 Å². The summed E-state index contributed by atoms with van der Waals surface area (Å²) < 4.78 is 19.2. The van der Waals surface area contributed by atoms with Gasteiger partial charge in [-0.2, -0.15) is 0 Å². The minimum Gasteiger partial charge on any atom is -0.477 e. The zero-order valence-corrected chi connectivity index (χ0v) is 15.7. The van der Waals surface area contributed by atoms with Crippen LogP contribution in [0.15, 0.2) is 36.5 Å². The number of aromatic nitrogens is 1. The molecule has 5 nitrogen and oxygen atoms in total. The number of hydrogen-bond donors (Lipinski definition) is 2. The second-order valence-corrected chi connectivity index (χ2v) is 7.77. The minimum atomic E-state index is -0.511. The fourth-order valence-corrected chi connectivity index (χ4v) is 3.54. The van der Waals surface area contributed by atoms with Crippen LogP contribution in [0, 0.1) is 11.7 Å². The molecule has 1 aromatic heterocycles. The molecule has 148 valence electrons. The molecule has 0 bridgehead atoms. The third-order valence-electron chi connectivity index (χ3n) is 5.47. The molecular weight excluding hydrogens is 359 g/mol. The highest BCUT2D eigenvalue weighted by Crippen LogP contribution is 2.33. The molecule has 1 heterocycles. The summed E-state index contributed by atoms with van der Waals surface area (Å²) in [5.41, 5.74) is 1.81. The van der Waals surface area contributed by atoms with Gasteiger partial charge in [0.2, 0.25) is 5.88 Å². The molecule has 2 N–H and O–H groups in total. The van der Waals surface area contributed by atoms with Crippen LogP contribution in [0.1, 0.15) is 48.9 Å². The lowest BCUT2D eigenvalue weighted by Gasteiger charge is -2.28. The van der Waals surface area contributed by atoms with Crippen LogP contribution in [0.5, 0.6) is 5.88 Å². The second-order valence-electron chi connectivity index (χ2n) is 7.77. The normalized spacial score (nSPS) is 21.9. The van der Waals surface area contributed by atoms with Crippen molar-refractivity contribution in [3.8, 4) is 17.0 Å². The molecule has 2 fully saturated rings. The summed E-state index contributed by atoms with van der Waals surface area (Å²) in [6.07, 6.45) is 6.77. The van der Waals surface area contributed by atoms with Gasteiger partial charge in [0.15, 0.2) is 0 Å². The molecule has 0 spiro atoms. The molecule has 0 saturated heterocycles. The van der Waals surface area contributed by atoms with Gasteiger partial charge in [-0.1, -0.05) is 25.0 Å². The molecule has 2 aliphatic rings. The summed E-state index contributed by atoms with van der Waals surface area (Å²) in [5, 5.41) is 13.0. The minimum absolute atomic E-state index is 0.235. The Balaban J connectivity index is 1.57. The average molecular weight is 384 g/mol. The Morgan fingerprint density at radius 2 is 1.93 bits per heavy atom. The fourth-order valence-electron chi connectivity index (χ4n) is 3.54. The molecule has 2 saturated carbocycles. The summed E-state index contributed by atoms with van der Waals surface area (Å²) in [4.78, 5) is 17.1. The highest BCUT2D eigenvalue weighted by molar-refractivity contribution is 5.95. The van der Waals surface area contributed by atoms with Gasteiger partial charge in [0, 0.05) is 11.8 Å². The van der Waals surface area contributed by atoms with E-state index in [4.69, 9.17) is 4.74 Å². The molecule has 0 aliphatic heterocycles. The number of rotatable bonds is 6. The summed E-state index contributed by atoms with van der Waals surface area (Å²) >= 11 is 0. The first-order valence-electron chi connectivity index (χ1n) is 9.98. The SMILES string of the molecule is O=C(N[C@H]1CCCC[C@@H]1O)c1cnc(OCC2CC2)c(-c2ccc(F)cc2)c1. The number of nitrogens with zero attached hydrogens (tertiary/aromatic N) is 1. The fraction of sp³-hybridized carbons (Fsp3) is 0.455. The number of ether oxygens (including phenoxy) is 1. The molecule has 2 aliphatic carbocycles. The van der Waals surface area contributed by atoms with Crippen LogP contribution in [0.4, 0.5) is 4.39 Å². The Morgan fingerprint density at radius 1 is 1.18 bits per heavy atom. The van der Waals surface area contributed by atoms with Crippen LogP contribution >= 0.6 is 0 Å². The number of pyridine rings is 1. The van der Waals surface area contributed by atoms with E-state index >= 15 is 0 Å². The Labute approximate surface area is 163 Å². The van der Waals surface area contributed by atoms with Gasteiger partial charge >= 0.3 is 0 Å². The molecular formula is C22H25FN2O3. The Kier molecular flexibility index (Phi) is 5.57. The van der Waals surface area contributed by atoms with Crippen LogP contribution in [0.3, 0.4) is 0 Å². The number of benzene rings is 1. The van der Waals surface area contributed by atoms with E-state index in [1.807, 2.05) is 0 Å². The van der Waals surface area contributed by atoms with Crippen molar-refractivity contribution in [3.63, 3.8) is 0 Å². The van der Waals surface area contributed by atoms with E-state index < -0.39 is 6.10 Å². The maximum Gasteiger partial charge on any atom is 0.253 e. The van der Waals surface area contributed by atoms with Crippen molar-refractivity contribution >= 4 is 5.91 Å². The molecule has 0 unspecified atom stereocenters. The van der Waals surface area contributed by atoms with E-state index in [0.717, 1.165) is 37.7 Å². The van der Waals surface area contributed by atoms with E-state index in [1.165, 1.54) is 18.3 Å². The van der Waals surface area contributed by atoms with Gasteiger partial charge in [-0.15, -0.1) is 0 Å². The summed E-state index contributed by atoms with van der Waals surface area (Å²) in [6, 6.07) is 7.57. The lowest BCUT2D eigenvalue weighted by atomic mass is 9.92. The zero-order valence-electron chi connectivity index (χ0n) is 15.7. The van der Waals surface area contributed by atoms with Crippen LogP contribution in [-0.4, -0.2) is 34.8 Å². The van der Waals surface area contributed by atoms with Crippen molar-refractivity contribution in [3.05, 3.63) is 47.9 Å². The first kappa shape index (κ1) is 18.9. The average Bonchev–Trinajstić information content (AvgIpc) is 3.53. The van der Waals surface area contributed by atoms with Crippen LogP contribution < -0.4 is 10.1 Å². The number of carbonyl (C=O) groups is 1. The van der Waals surface area contributed by atoms with Crippen molar-refractivity contribution in [2.24, 2.45) is 5.92 Å². The number of carbonyl (C=O) groups excluding carboxylic acids is 1. The third-order valence-corrected chi connectivity index (χ3v) is 5.47. The largest absolute Gasteiger partial charge is 0.477 e. The first-order chi connectivity index (χ1) is 13.6. The number of hydrogen-bond acceptors (Lipinski definition) is 4. The number of aliphatic hydroxyl groups is 1. The molecule has 28 heavy (non-hydrogen) atoms. The predicted octanol–water partition coefficient (Wildman–Crippen LogP) is 3.71. The quantitative estimate of drug-likeness (QED) is 0.796. The monoisotopic (exact) mass is 384 g/mol. The van der Waals surface area contributed by atoms with Crippen LogP contribution in [-0.2, 0) is 0 Å². The van der Waals surface area contributed by atoms with Crippen molar-refractivity contribution in [1.29, 1.82) is 0 Å². The maximum atomic E-state index is 13.3. The molecule has 1 amide bonds. The van der Waals surface area contributed by atoms with E-state index in [-0.39, 0.29) is 17.8 Å². The molecule has 4 rings (SSSR count). The van der Waals surface area contributed by atoms with Gasteiger partial charge in [0.25, 0.3) is 5.91 Å². The molecule has 0 radical (unpaired) electrons. The molecule has 2 atom stereocenters.